The van der Waals surface area contributed by atoms with Crippen LogP contribution in [0, 0.1) is 5.92 Å². The lowest BCUT2D eigenvalue weighted by molar-refractivity contribution is -0.154. The van der Waals surface area contributed by atoms with Crippen molar-refractivity contribution in [2.75, 3.05) is 0 Å². The third-order valence-corrected chi connectivity index (χ3v) is 3.71. The van der Waals surface area contributed by atoms with Gasteiger partial charge in [-0.1, -0.05) is 13.8 Å². The molecule has 1 saturated heterocycles. The first kappa shape index (κ1) is 15.5. The highest BCUT2D eigenvalue weighted by Crippen LogP contribution is 2.24. The number of nitrogens with one attached hydrogen (secondary N) is 1. The molecule has 1 unspecified atom stereocenters. The number of hydrogen-bond donors (Lipinski definition) is 1. The lowest BCUT2D eigenvalue weighted by atomic mass is 9.92. The van der Waals surface area contributed by atoms with Crippen LogP contribution in [0.3, 0.4) is 0 Å². The summed E-state index contributed by atoms with van der Waals surface area (Å²) in [5, 5.41) is 2.83. The van der Waals surface area contributed by atoms with Crippen LogP contribution in [0.25, 0.3) is 0 Å². The molecular weight excluding hydrogens is 266 g/mol. The summed E-state index contributed by atoms with van der Waals surface area (Å²) >= 11 is 0. The van der Waals surface area contributed by atoms with Crippen molar-refractivity contribution in [2.45, 2.75) is 52.2 Å². The number of amides is 2. The molecule has 0 aliphatic carbocycles. The van der Waals surface area contributed by atoms with E-state index in [0.717, 1.165) is 5.56 Å². The zero-order valence-electron chi connectivity index (χ0n) is 13.1. The Labute approximate surface area is 125 Å². The fraction of sp³-hybridized carbons (Fsp3) is 0.562. The molecule has 0 aromatic carbocycles. The van der Waals surface area contributed by atoms with E-state index in [0.29, 0.717) is 18.9 Å². The smallest absolute Gasteiger partial charge is 0.248 e. The molecule has 5 heteroatoms. The normalized spacial score (nSPS) is 21.6. The largest absolute Gasteiger partial charge is 0.340 e. The number of nitrogens with zero attached hydrogens (tertiary/aromatic N) is 2. The second-order valence-corrected chi connectivity index (χ2v) is 6.55. The van der Waals surface area contributed by atoms with Gasteiger partial charge < -0.3 is 10.2 Å². The van der Waals surface area contributed by atoms with Gasteiger partial charge in [-0.15, -0.1) is 0 Å². The minimum absolute atomic E-state index is 0.0374. The summed E-state index contributed by atoms with van der Waals surface area (Å²) in [4.78, 5) is 30.7. The molecule has 0 spiro atoms. The van der Waals surface area contributed by atoms with Crippen LogP contribution < -0.4 is 5.32 Å². The first-order chi connectivity index (χ1) is 9.81. The molecule has 1 aromatic rings. The number of piperazine rings is 1. The van der Waals surface area contributed by atoms with Crippen LogP contribution in [-0.2, 0) is 16.1 Å². The molecule has 1 atom stereocenters. The first-order valence-corrected chi connectivity index (χ1v) is 7.33. The van der Waals surface area contributed by atoms with Crippen LogP contribution in [0.1, 0.15) is 39.7 Å². The number of rotatable bonds is 4. The molecule has 0 saturated carbocycles. The van der Waals surface area contributed by atoms with Gasteiger partial charge in [0, 0.05) is 18.9 Å². The molecule has 1 N–H and O–H groups in total. The van der Waals surface area contributed by atoms with Gasteiger partial charge in [0.25, 0.3) is 0 Å². The van der Waals surface area contributed by atoms with E-state index in [9.17, 15) is 9.59 Å². The highest BCUT2D eigenvalue weighted by molar-refractivity contribution is 5.99. The molecule has 1 fully saturated rings. The van der Waals surface area contributed by atoms with Gasteiger partial charge >= 0.3 is 0 Å². The average molecular weight is 289 g/mol. The van der Waals surface area contributed by atoms with Crippen molar-refractivity contribution in [3.63, 3.8) is 0 Å². The Morgan fingerprint density at radius 3 is 2.48 bits per heavy atom. The van der Waals surface area contributed by atoms with Gasteiger partial charge in [0.15, 0.2) is 0 Å². The summed E-state index contributed by atoms with van der Waals surface area (Å²) in [6, 6.07) is 3.34. The summed E-state index contributed by atoms with van der Waals surface area (Å²) in [5.74, 6) is 0.238. The van der Waals surface area contributed by atoms with Crippen molar-refractivity contribution >= 4 is 11.8 Å². The van der Waals surface area contributed by atoms with Gasteiger partial charge in [-0.3, -0.25) is 14.6 Å². The van der Waals surface area contributed by atoms with Gasteiger partial charge in [0.1, 0.15) is 11.6 Å². The Kier molecular flexibility index (Phi) is 4.30. The Hall–Kier alpha value is -1.91. The lowest BCUT2D eigenvalue weighted by Gasteiger charge is -2.43. The maximum absolute atomic E-state index is 12.7. The van der Waals surface area contributed by atoms with E-state index in [-0.39, 0.29) is 11.8 Å². The summed E-state index contributed by atoms with van der Waals surface area (Å²) in [5.41, 5.74) is 0.134. The third kappa shape index (κ3) is 3.40. The van der Waals surface area contributed by atoms with Crippen molar-refractivity contribution in [3.05, 3.63) is 30.1 Å². The monoisotopic (exact) mass is 289 g/mol. The van der Waals surface area contributed by atoms with E-state index in [1.807, 2.05) is 12.1 Å². The van der Waals surface area contributed by atoms with Gasteiger partial charge in [0.05, 0.1) is 0 Å². The highest BCUT2D eigenvalue weighted by atomic mass is 16.2. The summed E-state index contributed by atoms with van der Waals surface area (Å²) in [7, 11) is 0. The molecule has 2 amide bonds. The van der Waals surface area contributed by atoms with Crippen LogP contribution in [0.5, 0.6) is 0 Å². The van der Waals surface area contributed by atoms with Crippen LogP contribution >= 0.6 is 0 Å². The predicted molar refractivity (Wildman–Crippen MR) is 80.3 cm³/mol. The van der Waals surface area contributed by atoms with Gasteiger partial charge in [-0.05, 0) is 43.9 Å². The van der Waals surface area contributed by atoms with Gasteiger partial charge in [0.2, 0.25) is 11.8 Å². The Balaban J connectivity index is 2.29. The Morgan fingerprint density at radius 2 is 1.90 bits per heavy atom. The maximum Gasteiger partial charge on any atom is 0.248 e. The summed E-state index contributed by atoms with van der Waals surface area (Å²) < 4.78 is 0. The standard InChI is InChI=1S/C16H23N3O2/c1-11(2)9-13-14(20)18-16(3,4)15(21)19(13)10-12-5-7-17-8-6-12/h5-8,11,13H,9-10H2,1-4H3,(H,18,20). The topological polar surface area (TPSA) is 62.3 Å². The number of aromatic nitrogens is 1. The molecule has 0 bridgehead atoms. The molecule has 1 aliphatic heterocycles. The molecule has 2 rings (SSSR count). The van der Waals surface area contributed by atoms with Crippen LogP contribution in [0.15, 0.2) is 24.5 Å². The van der Waals surface area contributed by atoms with Crippen LogP contribution in [0.4, 0.5) is 0 Å². The molecule has 1 aromatic heterocycles. The first-order valence-electron chi connectivity index (χ1n) is 7.33. The van der Waals surface area contributed by atoms with Gasteiger partial charge in [-0.25, -0.2) is 0 Å². The number of carbonyl (C=O) groups is 2. The zero-order valence-corrected chi connectivity index (χ0v) is 13.1. The van der Waals surface area contributed by atoms with Crippen molar-refractivity contribution in [3.8, 4) is 0 Å². The highest BCUT2D eigenvalue weighted by Gasteiger charge is 2.45. The second kappa shape index (κ2) is 5.84. The minimum Gasteiger partial charge on any atom is -0.340 e. The molecule has 0 radical (unpaired) electrons. The molecule has 114 valence electrons. The molecule has 1 aliphatic rings. The van der Waals surface area contributed by atoms with Crippen LogP contribution in [-0.4, -0.2) is 33.3 Å². The van der Waals surface area contributed by atoms with Crippen LogP contribution in [0.2, 0.25) is 0 Å². The van der Waals surface area contributed by atoms with E-state index in [4.69, 9.17) is 0 Å². The average Bonchev–Trinajstić information content (AvgIpc) is 2.41. The zero-order chi connectivity index (χ0) is 15.6. The molecular formula is C16H23N3O2. The van der Waals surface area contributed by atoms with Crippen molar-refractivity contribution in [1.82, 2.24) is 15.2 Å². The minimum atomic E-state index is -0.850. The fourth-order valence-corrected chi connectivity index (χ4v) is 2.63. The lowest BCUT2D eigenvalue weighted by Crippen LogP contribution is -2.67. The summed E-state index contributed by atoms with van der Waals surface area (Å²) in [6.45, 7) is 8.05. The molecule has 21 heavy (non-hydrogen) atoms. The molecule has 5 nitrogen and oxygen atoms in total. The van der Waals surface area contributed by atoms with E-state index in [2.05, 4.69) is 24.1 Å². The maximum atomic E-state index is 12.7. The number of carbonyl (C=O) groups excluding carboxylic acids is 2. The Morgan fingerprint density at radius 1 is 1.29 bits per heavy atom. The number of pyridine rings is 1. The van der Waals surface area contributed by atoms with Gasteiger partial charge in [-0.2, -0.15) is 0 Å². The van der Waals surface area contributed by atoms with Crippen molar-refractivity contribution < 1.29 is 9.59 Å². The van der Waals surface area contributed by atoms with E-state index in [1.54, 1.807) is 31.1 Å². The Bertz CT molecular complexity index is 526. The quantitative estimate of drug-likeness (QED) is 0.918. The molecule has 2 heterocycles. The third-order valence-electron chi connectivity index (χ3n) is 3.71. The number of hydrogen-bond acceptors (Lipinski definition) is 3. The SMILES string of the molecule is CC(C)CC1C(=O)NC(C)(C)C(=O)N1Cc1ccncc1. The van der Waals surface area contributed by atoms with E-state index < -0.39 is 11.6 Å². The predicted octanol–water partition coefficient (Wildman–Crippen LogP) is 1.73. The van der Waals surface area contributed by atoms with E-state index >= 15 is 0 Å². The van der Waals surface area contributed by atoms with Crippen molar-refractivity contribution in [2.24, 2.45) is 5.92 Å². The fourth-order valence-electron chi connectivity index (χ4n) is 2.63. The second-order valence-electron chi connectivity index (χ2n) is 6.55. The summed E-state index contributed by atoms with van der Waals surface area (Å²) in [6.07, 6.45) is 4.07. The van der Waals surface area contributed by atoms with E-state index in [1.165, 1.54) is 0 Å². The van der Waals surface area contributed by atoms with Crippen molar-refractivity contribution in [1.29, 1.82) is 0 Å².